The number of aryl methyl sites for hydroxylation is 1. The Morgan fingerprint density at radius 1 is 1.21 bits per heavy atom. The minimum absolute atomic E-state index is 0.262. The van der Waals surface area contributed by atoms with Gasteiger partial charge >= 0.3 is 0 Å². The number of hydrogen-bond acceptors (Lipinski definition) is 5. The first-order chi connectivity index (χ1) is 11.7. The van der Waals surface area contributed by atoms with Crippen molar-refractivity contribution in [2.75, 3.05) is 25.9 Å². The average Bonchev–Trinajstić information content (AvgIpc) is 2.62. The summed E-state index contributed by atoms with van der Waals surface area (Å²) in [5, 5.41) is 3.36. The van der Waals surface area contributed by atoms with Gasteiger partial charge in [0.05, 0.1) is 12.8 Å². The second-order valence-corrected chi connectivity index (χ2v) is 6.03. The van der Waals surface area contributed by atoms with Gasteiger partial charge < -0.3 is 20.5 Å². The van der Waals surface area contributed by atoms with Crippen LogP contribution in [0.15, 0.2) is 30.3 Å². The third-order valence-electron chi connectivity index (χ3n) is 4.39. The third-order valence-corrected chi connectivity index (χ3v) is 4.39. The molecule has 0 unspecified atom stereocenters. The Morgan fingerprint density at radius 3 is 2.67 bits per heavy atom. The van der Waals surface area contributed by atoms with Crippen molar-refractivity contribution in [2.45, 2.75) is 32.3 Å². The summed E-state index contributed by atoms with van der Waals surface area (Å²) < 4.78 is 11.9. The van der Waals surface area contributed by atoms with Crippen LogP contribution in [-0.2, 0) is 6.42 Å². The number of rotatable bonds is 5. The highest BCUT2D eigenvalue weighted by Crippen LogP contribution is 2.36. The van der Waals surface area contributed by atoms with Crippen molar-refractivity contribution in [1.29, 1.82) is 0 Å². The second-order valence-electron chi connectivity index (χ2n) is 6.03. The van der Waals surface area contributed by atoms with Gasteiger partial charge in [-0.15, -0.1) is 0 Å². The molecule has 0 aliphatic carbocycles. The van der Waals surface area contributed by atoms with E-state index in [0.717, 1.165) is 60.7 Å². The number of nitrogens with one attached hydrogen (secondary N) is 1. The molecule has 0 atom stereocenters. The monoisotopic (exact) mass is 327 g/mol. The summed E-state index contributed by atoms with van der Waals surface area (Å²) in [7, 11) is 1.67. The summed E-state index contributed by atoms with van der Waals surface area (Å²) in [5.41, 5.74) is 8.75. The van der Waals surface area contributed by atoms with Crippen molar-refractivity contribution in [3.63, 3.8) is 0 Å². The Kier molecular flexibility index (Phi) is 5.20. The second kappa shape index (κ2) is 7.53. The molecule has 0 amide bonds. The van der Waals surface area contributed by atoms with Crippen molar-refractivity contribution >= 4 is 5.82 Å². The lowest BCUT2D eigenvalue weighted by molar-refractivity contribution is 0.160. The molecule has 0 spiro atoms. The zero-order valence-electron chi connectivity index (χ0n) is 14.3. The smallest absolute Gasteiger partial charge is 0.131 e. The lowest BCUT2D eigenvalue weighted by atomic mass is 10.0. The Morgan fingerprint density at radius 2 is 2.00 bits per heavy atom. The van der Waals surface area contributed by atoms with Gasteiger partial charge in [-0.3, -0.25) is 0 Å². The Hall–Kier alpha value is -2.27. The van der Waals surface area contributed by atoms with E-state index in [9.17, 15) is 0 Å². The maximum atomic E-state index is 6.27. The Labute approximate surface area is 143 Å². The fraction of sp³-hybridized carbons (Fsp3) is 0.421. The van der Waals surface area contributed by atoms with E-state index in [4.69, 9.17) is 15.2 Å². The van der Waals surface area contributed by atoms with E-state index in [1.54, 1.807) is 13.2 Å². The van der Waals surface area contributed by atoms with Gasteiger partial charge in [0.1, 0.15) is 23.4 Å². The van der Waals surface area contributed by atoms with Crippen LogP contribution in [-0.4, -0.2) is 31.3 Å². The predicted octanol–water partition coefficient (Wildman–Crippen LogP) is 3.03. The molecule has 1 aromatic carbocycles. The number of piperidine rings is 1. The SMILES string of the molecule is CCc1cc(-c2cccc(N)n2)c(OC)cc1OC1CCNCC1. The number of hydrogen-bond donors (Lipinski definition) is 2. The molecule has 2 aromatic rings. The van der Waals surface area contributed by atoms with Gasteiger partial charge in [-0.05, 0) is 56.1 Å². The molecule has 2 heterocycles. The van der Waals surface area contributed by atoms with Crippen LogP contribution in [0.25, 0.3) is 11.3 Å². The quantitative estimate of drug-likeness (QED) is 0.883. The fourth-order valence-electron chi connectivity index (χ4n) is 3.06. The number of aromatic nitrogens is 1. The van der Waals surface area contributed by atoms with Gasteiger partial charge in [0.25, 0.3) is 0 Å². The number of nitrogen functional groups attached to an aromatic ring is 1. The number of methoxy groups -OCH3 is 1. The summed E-state index contributed by atoms with van der Waals surface area (Å²) in [5.74, 6) is 2.17. The molecule has 1 aliphatic rings. The average molecular weight is 327 g/mol. The lowest BCUT2D eigenvalue weighted by Gasteiger charge is -2.25. The van der Waals surface area contributed by atoms with Gasteiger partial charge in [-0.1, -0.05) is 13.0 Å². The molecular weight excluding hydrogens is 302 g/mol. The third kappa shape index (κ3) is 3.62. The van der Waals surface area contributed by atoms with Crippen LogP contribution >= 0.6 is 0 Å². The summed E-state index contributed by atoms with van der Waals surface area (Å²) in [6, 6.07) is 9.73. The minimum atomic E-state index is 0.262. The molecule has 5 heteroatoms. The van der Waals surface area contributed by atoms with Crippen LogP contribution in [0.4, 0.5) is 5.82 Å². The van der Waals surface area contributed by atoms with Crippen molar-refractivity contribution in [3.8, 4) is 22.8 Å². The minimum Gasteiger partial charge on any atom is -0.496 e. The molecule has 3 N–H and O–H groups in total. The Bertz CT molecular complexity index is 697. The van der Waals surface area contributed by atoms with E-state index in [2.05, 4.69) is 23.3 Å². The van der Waals surface area contributed by atoms with Crippen LogP contribution in [0.5, 0.6) is 11.5 Å². The van der Waals surface area contributed by atoms with Gasteiger partial charge in [-0.2, -0.15) is 0 Å². The molecule has 0 saturated carbocycles. The molecule has 1 aromatic heterocycles. The van der Waals surface area contributed by atoms with E-state index in [1.165, 1.54) is 0 Å². The van der Waals surface area contributed by atoms with E-state index in [-0.39, 0.29) is 6.10 Å². The van der Waals surface area contributed by atoms with Crippen LogP contribution in [0.1, 0.15) is 25.3 Å². The molecule has 5 nitrogen and oxygen atoms in total. The lowest BCUT2D eigenvalue weighted by Crippen LogP contribution is -2.34. The molecule has 3 rings (SSSR count). The van der Waals surface area contributed by atoms with Crippen LogP contribution in [0, 0.1) is 0 Å². The molecule has 1 saturated heterocycles. The first kappa shape index (κ1) is 16.6. The normalized spacial score (nSPS) is 15.2. The highest BCUT2D eigenvalue weighted by atomic mass is 16.5. The van der Waals surface area contributed by atoms with Crippen molar-refractivity contribution in [2.24, 2.45) is 0 Å². The van der Waals surface area contributed by atoms with Crippen molar-refractivity contribution in [3.05, 3.63) is 35.9 Å². The van der Waals surface area contributed by atoms with Crippen molar-refractivity contribution < 1.29 is 9.47 Å². The van der Waals surface area contributed by atoms with Crippen molar-refractivity contribution in [1.82, 2.24) is 10.3 Å². The number of pyridine rings is 1. The van der Waals surface area contributed by atoms with Gasteiger partial charge in [0.2, 0.25) is 0 Å². The van der Waals surface area contributed by atoms with Gasteiger partial charge in [0.15, 0.2) is 0 Å². The zero-order chi connectivity index (χ0) is 16.9. The van der Waals surface area contributed by atoms with E-state index in [1.807, 2.05) is 18.2 Å². The van der Waals surface area contributed by atoms with Crippen LogP contribution in [0.3, 0.4) is 0 Å². The number of anilines is 1. The first-order valence-corrected chi connectivity index (χ1v) is 8.52. The van der Waals surface area contributed by atoms with E-state index >= 15 is 0 Å². The summed E-state index contributed by atoms with van der Waals surface area (Å²) in [4.78, 5) is 4.42. The molecule has 1 fully saturated rings. The number of ether oxygens (including phenoxy) is 2. The van der Waals surface area contributed by atoms with E-state index < -0.39 is 0 Å². The van der Waals surface area contributed by atoms with Crippen LogP contribution < -0.4 is 20.5 Å². The van der Waals surface area contributed by atoms with Crippen LogP contribution in [0.2, 0.25) is 0 Å². The summed E-state index contributed by atoms with van der Waals surface area (Å²) in [6.07, 6.45) is 3.21. The standard InChI is InChI=1S/C19H25N3O2/c1-3-13-11-15(16-5-4-6-19(20)22-16)18(23-2)12-17(13)24-14-7-9-21-10-8-14/h4-6,11-12,14,21H,3,7-10H2,1-2H3,(H2,20,22). The molecule has 128 valence electrons. The maximum Gasteiger partial charge on any atom is 0.131 e. The summed E-state index contributed by atoms with van der Waals surface area (Å²) >= 11 is 0. The summed E-state index contributed by atoms with van der Waals surface area (Å²) in [6.45, 7) is 4.15. The number of nitrogens with two attached hydrogens (primary N) is 1. The molecule has 0 radical (unpaired) electrons. The molecular formula is C19H25N3O2. The highest BCUT2D eigenvalue weighted by molar-refractivity contribution is 5.71. The van der Waals surface area contributed by atoms with E-state index in [0.29, 0.717) is 5.82 Å². The first-order valence-electron chi connectivity index (χ1n) is 8.52. The number of benzene rings is 1. The molecule has 0 bridgehead atoms. The largest absolute Gasteiger partial charge is 0.496 e. The molecule has 24 heavy (non-hydrogen) atoms. The van der Waals surface area contributed by atoms with Gasteiger partial charge in [0, 0.05) is 11.6 Å². The Balaban J connectivity index is 1.96. The number of nitrogens with zero attached hydrogens (tertiary/aromatic N) is 1. The topological polar surface area (TPSA) is 69.4 Å². The highest BCUT2D eigenvalue weighted by Gasteiger charge is 2.19. The predicted molar refractivity (Wildman–Crippen MR) is 96.5 cm³/mol. The molecule has 1 aliphatic heterocycles. The fourth-order valence-corrected chi connectivity index (χ4v) is 3.06. The maximum absolute atomic E-state index is 6.27. The van der Waals surface area contributed by atoms with Gasteiger partial charge in [-0.25, -0.2) is 4.98 Å². The zero-order valence-corrected chi connectivity index (χ0v) is 14.3.